The van der Waals surface area contributed by atoms with Gasteiger partial charge in [0.15, 0.2) is 0 Å². The molecule has 0 saturated carbocycles. The van der Waals surface area contributed by atoms with Crippen LogP contribution >= 0.6 is 0 Å². The molecule has 0 aliphatic carbocycles. The zero-order chi connectivity index (χ0) is 14.7. The zero-order valence-electron chi connectivity index (χ0n) is 13.0. The lowest BCUT2D eigenvalue weighted by Crippen LogP contribution is -2.21. The second kappa shape index (κ2) is 6.29. The molecule has 1 unspecified atom stereocenters. The van der Waals surface area contributed by atoms with E-state index >= 15 is 0 Å². The molecule has 3 heteroatoms. The molecule has 1 aliphatic rings. The number of nitrogens with zero attached hydrogens (tertiary/aromatic N) is 1. The summed E-state index contributed by atoms with van der Waals surface area (Å²) in [5, 5.41) is 0. The molecule has 20 heavy (non-hydrogen) atoms. The molecule has 0 bridgehead atoms. The predicted octanol–water partition coefficient (Wildman–Crippen LogP) is 3.47. The summed E-state index contributed by atoms with van der Waals surface area (Å²) < 4.78 is 5.23. The van der Waals surface area contributed by atoms with Gasteiger partial charge in [0, 0.05) is 18.8 Å². The highest BCUT2D eigenvalue weighted by molar-refractivity contribution is 5.70. The van der Waals surface area contributed by atoms with Gasteiger partial charge < -0.3 is 9.64 Å². The highest BCUT2D eigenvalue weighted by Crippen LogP contribution is 2.27. The zero-order valence-corrected chi connectivity index (χ0v) is 13.0. The van der Waals surface area contributed by atoms with Gasteiger partial charge in [-0.05, 0) is 63.3 Å². The highest BCUT2D eigenvalue weighted by Gasteiger charge is 2.25. The van der Waals surface area contributed by atoms with E-state index in [9.17, 15) is 4.79 Å². The first-order chi connectivity index (χ1) is 9.44. The van der Waals surface area contributed by atoms with Gasteiger partial charge in [-0.15, -0.1) is 0 Å². The third kappa shape index (κ3) is 3.99. The minimum absolute atomic E-state index is 0.0144. The van der Waals surface area contributed by atoms with E-state index < -0.39 is 0 Å². The standard InChI is InChI=1S/C17H25NO2/c1-12(2)20-17(19)10-15-5-6-18(11-15)16-8-13(3)7-14(4)9-16/h7-9,12,15H,5-6,10-11H2,1-4H3. The third-order valence-corrected chi connectivity index (χ3v) is 3.68. The number of ether oxygens (including phenoxy) is 1. The predicted molar refractivity (Wildman–Crippen MR) is 82.1 cm³/mol. The Morgan fingerprint density at radius 1 is 1.30 bits per heavy atom. The second-order valence-corrected chi connectivity index (χ2v) is 6.19. The second-order valence-electron chi connectivity index (χ2n) is 6.19. The number of carbonyl (C=O) groups is 1. The Morgan fingerprint density at radius 2 is 1.95 bits per heavy atom. The first-order valence-corrected chi connectivity index (χ1v) is 7.47. The maximum atomic E-state index is 11.7. The molecule has 110 valence electrons. The van der Waals surface area contributed by atoms with Crippen LogP contribution in [0.5, 0.6) is 0 Å². The van der Waals surface area contributed by atoms with Crippen LogP contribution in [-0.2, 0) is 9.53 Å². The van der Waals surface area contributed by atoms with Crippen molar-refractivity contribution >= 4 is 11.7 Å². The quantitative estimate of drug-likeness (QED) is 0.788. The Kier molecular flexibility index (Phi) is 4.69. The van der Waals surface area contributed by atoms with Crippen LogP contribution in [0.3, 0.4) is 0 Å². The van der Waals surface area contributed by atoms with Gasteiger partial charge in [0.2, 0.25) is 0 Å². The molecule has 0 radical (unpaired) electrons. The van der Waals surface area contributed by atoms with Crippen molar-refractivity contribution in [3.05, 3.63) is 29.3 Å². The summed E-state index contributed by atoms with van der Waals surface area (Å²) >= 11 is 0. The Morgan fingerprint density at radius 3 is 2.55 bits per heavy atom. The molecular formula is C17H25NO2. The summed E-state index contributed by atoms with van der Waals surface area (Å²) in [4.78, 5) is 14.1. The fraction of sp³-hybridized carbons (Fsp3) is 0.588. The van der Waals surface area contributed by atoms with E-state index in [-0.39, 0.29) is 12.1 Å². The number of esters is 1. The first kappa shape index (κ1) is 14.9. The molecule has 2 rings (SSSR count). The van der Waals surface area contributed by atoms with E-state index in [1.54, 1.807) is 0 Å². The Balaban J connectivity index is 1.93. The fourth-order valence-electron chi connectivity index (χ4n) is 2.91. The molecule has 1 aromatic rings. The number of rotatable bonds is 4. The summed E-state index contributed by atoms with van der Waals surface area (Å²) in [6, 6.07) is 6.64. The van der Waals surface area contributed by atoms with E-state index in [4.69, 9.17) is 4.74 Å². The molecular weight excluding hydrogens is 250 g/mol. The van der Waals surface area contributed by atoms with Gasteiger partial charge in [0.25, 0.3) is 0 Å². The fourth-order valence-corrected chi connectivity index (χ4v) is 2.91. The van der Waals surface area contributed by atoms with Gasteiger partial charge in [0.05, 0.1) is 12.5 Å². The van der Waals surface area contributed by atoms with Crippen molar-refractivity contribution in [2.24, 2.45) is 5.92 Å². The maximum absolute atomic E-state index is 11.7. The van der Waals surface area contributed by atoms with Crippen LogP contribution in [0.2, 0.25) is 0 Å². The number of hydrogen-bond acceptors (Lipinski definition) is 3. The van der Waals surface area contributed by atoms with Crippen molar-refractivity contribution < 1.29 is 9.53 Å². The minimum Gasteiger partial charge on any atom is -0.463 e. The van der Waals surface area contributed by atoms with Crippen LogP contribution in [-0.4, -0.2) is 25.2 Å². The van der Waals surface area contributed by atoms with Gasteiger partial charge >= 0.3 is 5.97 Å². The van der Waals surface area contributed by atoms with Crippen molar-refractivity contribution in [2.45, 2.75) is 46.6 Å². The lowest BCUT2D eigenvalue weighted by Gasteiger charge is -2.20. The summed E-state index contributed by atoms with van der Waals surface area (Å²) in [6.45, 7) is 10.0. The van der Waals surface area contributed by atoms with E-state index in [2.05, 4.69) is 36.9 Å². The molecule has 1 aliphatic heterocycles. The van der Waals surface area contributed by atoms with Crippen molar-refractivity contribution in [1.29, 1.82) is 0 Å². The average molecular weight is 275 g/mol. The Hall–Kier alpha value is -1.51. The molecule has 1 atom stereocenters. The first-order valence-electron chi connectivity index (χ1n) is 7.47. The van der Waals surface area contributed by atoms with Crippen molar-refractivity contribution in [3.63, 3.8) is 0 Å². The summed E-state index contributed by atoms with van der Waals surface area (Å²) in [7, 11) is 0. The number of hydrogen-bond donors (Lipinski definition) is 0. The number of benzene rings is 1. The number of anilines is 1. The molecule has 0 N–H and O–H groups in total. The highest BCUT2D eigenvalue weighted by atomic mass is 16.5. The van der Waals surface area contributed by atoms with Crippen LogP contribution in [0.15, 0.2) is 18.2 Å². The largest absolute Gasteiger partial charge is 0.463 e. The van der Waals surface area contributed by atoms with E-state index in [1.807, 2.05) is 13.8 Å². The molecule has 1 saturated heterocycles. The smallest absolute Gasteiger partial charge is 0.306 e. The molecule has 0 spiro atoms. The molecule has 3 nitrogen and oxygen atoms in total. The molecule has 0 amide bonds. The van der Waals surface area contributed by atoms with E-state index in [1.165, 1.54) is 16.8 Å². The molecule has 1 heterocycles. The summed E-state index contributed by atoms with van der Waals surface area (Å²) in [5.74, 6) is 0.356. The maximum Gasteiger partial charge on any atom is 0.306 e. The Labute approximate surface area is 121 Å². The van der Waals surface area contributed by atoms with Crippen LogP contribution in [0.25, 0.3) is 0 Å². The Bertz CT molecular complexity index is 462. The van der Waals surface area contributed by atoms with Crippen LogP contribution < -0.4 is 4.90 Å². The molecule has 1 aromatic carbocycles. The lowest BCUT2D eigenvalue weighted by molar-refractivity contribution is -0.148. The van der Waals surface area contributed by atoms with Crippen molar-refractivity contribution in [2.75, 3.05) is 18.0 Å². The van der Waals surface area contributed by atoms with Crippen LogP contribution in [0, 0.1) is 19.8 Å². The third-order valence-electron chi connectivity index (χ3n) is 3.68. The normalized spacial score (nSPS) is 18.6. The van der Waals surface area contributed by atoms with Gasteiger partial charge in [0.1, 0.15) is 0 Å². The topological polar surface area (TPSA) is 29.5 Å². The lowest BCUT2D eigenvalue weighted by atomic mass is 10.1. The average Bonchev–Trinajstić information content (AvgIpc) is 2.74. The monoisotopic (exact) mass is 275 g/mol. The van der Waals surface area contributed by atoms with E-state index in [0.717, 1.165) is 19.5 Å². The van der Waals surface area contributed by atoms with Crippen molar-refractivity contribution in [3.8, 4) is 0 Å². The van der Waals surface area contributed by atoms with Crippen LogP contribution in [0.1, 0.15) is 37.8 Å². The van der Waals surface area contributed by atoms with Gasteiger partial charge in [-0.2, -0.15) is 0 Å². The van der Waals surface area contributed by atoms with E-state index in [0.29, 0.717) is 12.3 Å². The van der Waals surface area contributed by atoms with Gasteiger partial charge in [-0.1, -0.05) is 6.07 Å². The summed E-state index contributed by atoms with van der Waals surface area (Å²) in [6.07, 6.45) is 1.60. The number of aryl methyl sites for hydroxylation is 2. The van der Waals surface area contributed by atoms with Crippen LogP contribution in [0.4, 0.5) is 5.69 Å². The molecule has 0 aromatic heterocycles. The minimum atomic E-state index is -0.0627. The van der Waals surface area contributed by atoms with Crippen molar-refractivity contribution in [1.82, 2.24) is 0 Å². The SMILES string of the molecule is Cc1cc(C)cc(N2CCC(CC(=O)OC(C)C)C2)c1. The molecule has 1 fully saturated rings. The van der Waals surface area contributed by atoms with Gasteiger partial charge in [-0.25, -0.2) is 0 Å². The summed E-state index contributed by atoms with van der Waals surface area (Å²) in [5.41, 5.74) is 3.87. The van der Waals surface area contributed by atoms with Gasteiger partial charge in [-0.3, -0.25) is 4.79 Å². The number of carbonyl (C=O) groups excluding carboxylic acids is 1.